The van der Waals surface area contributed by atoms with Crippen molar-refractivity contribution in [2.75, 3.05) is 5.32 Å². The molecule has 0 radical (unpaired) electrons. The van der Waals surface area contributed by atoms with Gasteiger partial charge in [-0.15, -0.1) is 0 Å². The van der Waals surface area contributed by atoms with Crippen molar-refractivity contribution in [3.63, 3.8) is 0 Å². The van der Waals surface area contributed by atoms with Gasteiger partial charge in [0.1, 0.15) is 5.76 Å². The third kappa shape index (κ3) is 3.32. The van der Waals surface area contributed by atoms with Gasteiger partial charge in [-0.1, -0.05) is 6.92 Å². The monoisotopic (exact) mass is 292 g/mol. The lowest BCUT2D eigenvalue weighted by Crippen LogP contribution is -2.07. The highest BCUT2D eigenvalue weighted by Crippen LogP contribution is 2.23. The van der Waals surface area contributed by atoms with Crippen LogP contribution in [0.1, 0.15) is 28.9 Å². The molecule has 9 heteroatoms. The second kappa shape index (κ2) is 5.99. The fourth-order valence-corrected chi connectivity index (χ4v) is 1.60. The van der Waals surface area contributed by atoms with Crippen LogP contribution in [0.2, 0.25) is 0 Å². The highest BCUT2D eigenvalue weighted by molar-refractivity contribution is 5.88. The Labute approximate surface area is 118 Å². The Morgan fingerprint density at radius 2 is 2.24 bits per heavy atom. The normalized spacial score (nSPS) is 10.3. The van der Waals surface area contributed by atoms with E-state index in [0.717, 1.165) is 12.3 Å². The molecule has 21 heavy (non-hydrogen) atoms. The van der Waals surface area contributed by atoms with Crippen LogP contribution in [-0.4, -0.2) is 26.0 Å². The Morgan fingerprint density at radius 1 is 1.48 bits per heavy atom. The fraction of sp³-hybridized carbons (Fsp3) is 0.250. The van der Waals surface area contributed by atoms with Gasteiger partial charge in [-0.2, -0.15) is 0 Å². The standard InChI is InChI=1S/C12H12N4O5/c1-2-8-5-13-10(21-8)6-15-11-9(16(19)20)3-7(4-14-11)12(17)18/h3-5H,2,6H2,1H3,(H,14,15)(H,17,18). The van der Waals surface area contributed by atoms with E-state index >= 15 is 0 Å². The average molecular weight is 292 g/mol. The third-order valence-electron chi connectivity index (χ3n) is 2.67. The Kier molecular flexibility index (Phi) is 4.12. The number of anilines is 1. The van der Waals surface area contributed by atoms with E-state index in [1.165, 1.54) is 0 Å². The van der Waals surface area contributed by atoms with Crippen molar-refractivity contribution in [2.24, 2.45) is 0 Å². The number of aromatic nitrogens is 2. The summed E-state index contributed by atoms with van der Waals surface area (Å²) >= 11 is 0. The highest BCUT2D eigenvalue weighted by Gasteiger charge is 2.19. The van der Waals surface area contributed by atoms with E-state index in [-0.39, 0.29) is 17.9 Å². The Morgan fingerprint density at radius 3 is 2.81 bits per heavy atom. The quantitative estimate of drug-likeness (QED) is 0.609. The molecule has 0 unspecified atom stereocenters. The zero-order valence-electron chi connectivity index (χ0n) is 11.1. The summed E-state index contributed by atoms with van der Waals surface area (Å²) in [6, 6.07) is 0.949. The number of nitro groups is 1. The molecule has 0 aliphatic heterocycles. The van der Waals surface area contributed by atoms with Crippen LogP contribution in [0.4, 0.5) is 11.5 Å². The lowest BCUT2D eigenvalue weighted by Gasteiger charge is -2.04. The minimum Gasteiger partial charge on any atom is -0.478 e. The van der Waals surface area contributed by atoms with Crippen molar-refractivity contribution in [3.05, 3.63) is 45.8 Å². The van der Waals surface area contributed by atoms with Crippen molar-refractivity contribution in [1.82, 2.24) is 9.97 Å². The van der Waals surface area contributed by atoms with E-state index < -0.39 is 16.6 Å². The SMILES string of the molecule is CCc1cnc(CNc2ncc(C(=O)O)cc2[N+](=O)[O-])o1. The number of pyridine rings is 1. The molecule has 0 aliphatic rings. The van der Waals surface area contributed by atoms with E-state index in [0.29, 0.717) is 18.1 Å². The molecule has 0 saturated carbocycles. The van der Waals surface area contributed by atoms with Crippen LogP contribution in [0.5, 0.6) is 0 Å². The number of carboxylic acid groups (broad SMARTS) is 1. The number of aromatic carboxylic acids is 1. The lowest BCUT2D eigenvalue weighted by atomic mass is 10.2. The number of aryl methyl sites for hydroxylation is 1. The van der Waals surface area contributed by atoms with Gasteiger partial charge >= 0.3 is 11.7 Å². The predicted octanol–water partition coefficient (Wildman–Crippen LogP) is 1.85. The number of carboxylic acids is 1. The lowest BCUT2D eigenvalue weighted by molar-refractivity contribution is -0.384. The first kappa shape index (κ1) is 14.4. The Balaban J connectivity index is 2.19. The van der Waals surface area contributed by atoms with Crippen LogP contribution in [-0.2, 0) is 13.0 Å². The number of nitrogens with zero attached hydrogens (tertiary/aromatic N) is 3. The molecule has 0 aliphatic carbocycles. The van der Waals surface area contributed by atoms with Gasteiger partial charge in [-0.3, -0.25) is 10.1 Å². The van der Waals surface area contributed by atoms with Crippen molar-refractivity contribution in [1.29, 1.82) is 0 Å². The Hall–Kier alpha value is -2.97. The van der Waals surface area contributed by atoms with Gasteiger partial charge in [0.2, 0.25) is 11.7 Å². The molecule has 2 heterocycles. The molecule has 110 valence electrons. The number of oxazole rings is 1. The van der Waals surface area contributed by atoms with Crippen LogP contribution < -0.4 is 5.32 Å². The molecule has 0 amide bonds. The Bertz CT molecular complexity index is 682. The predicted molar refractivity (Wildman–Crippen MR) is 71.1 cm³/mol. The van der Waals surface area contributed by atoms with Crippen molar-refractivity contribution < 1.29 is 19.2 Å². The summed E-state index contributed by atoms with van der Waals surface area (Å²) in [5, 5.41) is 22.5. The van der Waals surface area contributed by atoms with Crippen LogP contribution in [0.3, 0.4) is 0 Å². The largest absolute Gasteiger partial charge is 0.478 e. The molecular weight excluding hydrogens is 280 g/mol. The maximum atomic E-state index is 11.0. The average Bonchev–Trinajstić information content (AvgIpc) is 2.92. The molecule has 0 spiro atoms. The molecule has 2 rings (SSSR count). The number of hydrogen-bond donors (Lipinski definition) is 2. The number of rotatable bonds is 6. The van der Waals surface area contributed by atoms with E-state index in [9.17, 15) is 14.9 Å². The topological polar surface area (TPSA) is 131 Å². The van der Waals surface area contributed by atoms with Crippen LogP contribution in [0, 0.1) is 10.1 Å². The molecule has 0 saturated heterocycles. The summed E-state index contributed by atoms with van der Waals surface area (Å²) < 4.78 is 5.35. The van der Waals surface area contributed by atoms with Gasteiger partial charge in [-0.05, 0) is 0 Å². The second-order valence-corrected chi connectivity index (χ2v) is 4.08. The molecular formula is C12H12N4O5. The molecule has 2 aromatic heterocycles. The number of hydrogen-bond acceptors (Lipinski definition) is 7. The number of nitrogens with one attached hydrogen (secondary N) is 1. The van der Waals surface area contributed by atoms with E-state index in [4.69, 9.17) is 9.52 Å². The minimum atomic E-state index is -1.28. The summed E-state index contributed by atoms with van der Waals surface area (Å²) in [5.74, 6) is -0.251. The maximum Gasteiger partial charge on any atom is 0.337 e. The molecule has 0 aromatic carbocycles. The minimum absolute atomic E-state index is 0.0405. The zero-order chi connectivity index (χ0) is 15.4. The van der Waals surface area contributed by atoms with Gasteiger partial charge in [-0.25, -0.2) is 14.8 Å². The highest BCUT2D eigenvalue weighted by atomic mass is 16.6. The smallest absolute Gasteiger partial charge is 0.337 e. The van der Waals surface area contributed by atoms with Crippen LogP contribution in [0.25, 0.3) is 0 Å². The van der Waals surface area contributed by atoms with E-state index in [1.807, 2.05) is 6.92 Å². The molecule has 0 bridgehead atoms. The first-order chi connectivity index (χ1) is 10.0. The fourth-order valence-electron chi connectivity index (χ4n) is 1.60. The molecule has 2 aromatic rings. The molecule has 2 N–H and O–H groups in total. The van der Waals surface area contributed by atoms with Crippen LogP contribution >= 0.6 is 0 Å². The summed E-state index contributed by atoms with van der Waals surface area (Å²) in [7, 11) is 0. The summed E-state index contributed by atoms with van der Waals surface area (Å²) in [6.45, 7) is 2.02. The van der Waals surface area contributed by atoms with Gasteiger partial charge in [0, 0.05) is 18.7 Å². The van der Waals surface area contributed by atoms with Crippen molar-refractivity contribution in [3.8, 4) is 0 Å². The van der Waals surface area contributed by atoms with Crippen molar-refractivity contribution in [2.45, 2.75) is 19.9 Å². The molecule has 9 nitrogen and oxygen atoms in total. The maximum absolute atomic E-state index is 11.0. The van der Waals surface area contributed by atoms with E-state index in [1.54, 1.807) is 6.20 Å². The number of carbonyl (C=O) groups is 1. The van der Waals surface area contributed by atoms with Crippen molar-refractivity contribution >= 4 is 17.5 Å². The first-order valence-electron chi connectivity index (χ1n) is 6.06. The first-order valence-corrected chi connectivity index (χ1v) is 6.06. The van der Waals surface area contributed by atoms with Gasteiger partial charge < -0.3 is 14.8 Å². The summed E-state index contributed by atoms with van der Waals surface area (Å²) in [4.78, 5) is 28.8. The van der Waals surface area contributed by atoms with Crippen LogP contribution in [0.15, 0.2) is 22.9 Å². The zero-order valence-corrected chi connectivity index (χ0v) is 11.1. The third-order valence-corrected chi connectivity index (χ3v) is 2.67. The van der Waals surface area contributed by atoms with Gasteiger partial charge in [0.25, 0.3) is 0 Å². The second-order valence-electron chi connectivity index (χ2n) is 4.08. The summed E-state index contributed by atoms with van der Waals surface area (Å²) in [5.41, 5.74) is -0.672. The van der Waals surface area contributed by atoms with E-state index in [2.05, 4.69) is 15.3 Å². The molecule has 0 atom stereocenters. The molecule has 0 fully saturated rings. The van der Waals surface area contributed by atoms with Gasteiger partial charge in [0.15, 0.2) is 0 Å². The van der Waals surface area contributed by atoms with Gasteiger partial charge in [0.05, 0.1) is 23.2 Å². The summed E-state index contributed by atoms with van der Waals surface area (Å²) in [6.07, 6.45) is 3.32.